The van der Waals surface area contributed by atoms with E-state index >= 15 is 0 Å². The first-order valence-corrected chi connectivity index (χ1v) is 5.69. The monoisotopic (exact) mass is 275 g/mol. The minimum atomic E-state index is 0.000000000000000666. The van der Waals surface area contributed by atoms with Gasteiger partial charge < -0.3 is 0 Å². The Morgan fingerprint density at radius 2 is 1.69 bits per heavy atom. The Morgan fingerprint density at radius 1 is 1.06 bits per heavy atom. The van der Waals surface area contributed by atoms with Crippen LogP contribution in [0.5, 0.6) is 0 Å². The van der Waals surface area contributed by atoms with E-state index in [1.54, 1.807) is 18.3 Å². The Morgan fingerprint density at radius 3 is 2.25 bits per heavy atom. The summed E-state index contributed by atoms with van der Waals surface area (Å²) in [5, 5.41) is 0. The predicted octanol–water partition coefficient (Wildman–Crippen LogP) is 3.38. The van der Waals surface area contributed by atoms with Gasteiger partial charge in [-0.3, -0.25) is 4.79 Å². The van der Waals surface area contributed by atoms with Crippen molar-refractivity contribution >= 4 is 21.7 Å². The Bertz CT molecular complexity index is 455. The first kappa shape index (κ1) is 11.0. The Kier molecular flexibility index (Phi) is 3.15. The minimum Gasteiger partial charge on any atom is -0.289 e. The molecule has 1 aromatic carbocycles. The maximum absolute atomic E-state index is 12.0. The molecule has 2 rings (SSSR count). The van der Waals surface area contributed by atoms with Gasteiger partial charge in [0.25, 0.3) is 0 Å². The molecule has 0 aliphatic heterocycles. The lowest BCUT2D eigenvalue weighted by Gasteiger charge is -2.01. The summed E-state index contributed by atoms with van der Waals surface area (Å²) >= 11 is 3.24. The highest BCUT2D eigenvalue weighted by Crippen LogP contribution is 2.12. The van der Waals surface area contributed by atoms with Crippen LogP contribution < -0.4 is 0 Å². The largest absolute Gasteiger partial charge is 0.289 e. The average molecular weight is 276 g/mol. The molecule has 2 nitrogen and oxygen atoms in total. The number of aromatic nitrogens is 1. The molecule has 0 aliphatic rings. The zero-order valence-electron chi connectivity index (χ0n) is 8.77. The molecular weight excluding hydrogens is 266 g/mol. The summed E-state index contributed by atoms with van der Waals surface area (Å²) in [5.74, 6) is 0.000000000000000666. The Labute approximate surface area is 102 Å². The molecule has 0 fully saturated rings. The second-order valence-corrected chi connectivity index (χ2v) is 4.38. The second kappa shape index (κ2) is 4.58. The van der Waals surface area contributed by atoms with Crippen molar-refractivity contribution in [3.63, 3.8) is 0 Å². The number of halogens is 1. The van der Waals surface area contributed by atoms with Gasteiger partial charge in [-0.1, -0.05) is 29.8 Å². The van der Waals surface area contributed by atoms with Crippen LogP contribution in [0.2, 0.25) is 0 Å². The molecule has 0 amide bonds. The molecule has 1 heterocycles. The molecule has 0 atom stereocenters. The van der Waals surface area contributed by atoms with Crippen molar-refractivity contribution in [3.8, 4) is 0 Å². The molecule has 3 heteroatoms. The average Bonchev–Trinajstić information content (AvgIpc) is 2.30. The van der Waals surface area contributed by atoms with Crippen molar-refractivity contribution in [1.29, 1.82) is 0 Å². The van der Waals surface area contributed by atoms with Crippen LogP contribution in [0.4, 0.5) is 0 Å². The summed E-state index contributed by atoms with van der Waals surface area (Å²) in [6.07, 6.45) is 1.58. The van der Waals surface area contributed by atoms with Gasteiger partial charge in [0, 0.05) is 17.3 Å². The first-order valence-electron chi connectivity index (χ1n) is 4.90. The van der Waals surface area contributed by atoms with Gasteiger partial charge in [0.05, 0.1) is 0 Å². The molecule has 0 aliphatic carbocycles. The predicted molar refractivity (Wildman–Crippen MR) is 66.5 cm³/mol. The topological polar surface area (TPSA) is 30.0 Å². The molecule has 0 bridgehead atoms. The number of aryl methyl sites for hydroxylation is 1. The summed E-state index contributed by atoms with van der Waals surface area (Å²) in [6, 6.07) is 11.1. The van der Waals surface area contributed by atoms with E-state index in [4.69, 9.17) is 0 Å². The van der Waals surface area contributed by atoms with Crippen molar-refractivity contribution in [2.45, 2.75) is 6.92 Å². The molecule has 0 unspecified atom stereocenters. The van der Waals surface area contributed by atoms with Crippen LogP contribution in [0.3, 0.4) is 0 Å². The van der Waals surface area contributed by atoms with Gasteiger partial charge in [-0.05, 0) is 35.0 Å². The molecule has 2 aromatic rings. The lowest BCUT2D eigenvalue weighted by atomic mass is 10.0. The molecule has 1 aromatic heterocycles. The Balaban J connectivity index is 2.32. The third-order valence-corrected chi connectivity index (χ3v) is 2.77. The standard InChI is InChI=1S/C13H10BrNO/c1-9-2-4-10(5-3-9)13(16)11-6-7-12(14)15-8-11/h2-8H,1H3. The quantitative estimate of drug-likeness (QED) is 0.621. The number of benzene rings is 1. The van der Waals surface area contributed by atoms with Crippen LogP contribution >= 0.6 is 15.9 Å². The Hall–Kier alpha value is -1.48. The lowest BCUT2D eigenvalue weighted by molar-refractivity contribution is 0.103. The van der Waals surface area contributed by atoms with Crippen LogP contribution in [0.1, 0.15) is 21.5 Å². The summed E-state index contributed by atoms with van der Waals surface area (Å²) in [6.45, 7) is 2.00. The number of carbonyl (C=O) groups excluding carboxylic acids is 1. The number of ketones is 1. The van der Waals surface area contributed by atoms with E-state index in [-0.39, 0.29) is 5.78 Å². The van der Waals surface area contributed by atoms with Crippen molar-refractivity contribution in [2.75, 3.05) is 0 Å². The van der Waals surface area contributed by atoms with E-state index in [0.29, 0.717) is 11.1 Å². The maximum atomic E-state index is 12.0. The highest BCUT2D eigenvalue weighted by atomic mass is 79.9. The van der Waals surface area contributed by atoms with E-state index in [1.807, 2.05) is 31.2 Å². The zero-order chi connectivity index (χ0) is 11.5. The van der Waals surface area contributed by atoms with Gasteiger partial charge in [0.15, 0.2) is 5.78 Å². The van der Waals surface area contributed by atoms with Crippen molar-refractivity contribution < 1.29 is 4.79 Å². The molecule has 0 N–H and O–H groups in total. The SMILES string of the molecule is Cc1ccc(C(=O)c2ccc(Br)nc2)cc1. The normalized spacial score (nSPS) is 10.1. The summed E-state index contributed by atoms with van der Waals surface area (Å²) in [7, 11) is 0. The van der Waals surface area contributed by atoms with Crippen LogP contribution in [0, 0.1) is 6.92 Å². The number of rotatable bonds is 2. The zero-order valence-corrected chi connectivity index (χ0v) is 10.4. The molecule has 80 valence electrons. The van der Waals surface area contributed by atoms with E-state index in [9.17, 15) is 4.79 Å². The summed E-state index contributed by atoms with van der Waals surface area (Å²) in [4.78, 5) is 16.1. The van der Waals surface area contributed by atoms with Crippen LogP contribution in [-0.4, -0.2) is 10.8 Å². The number of hydrogen-bond donors (Lipinski definition) is 0. The third kappa shape index (κ3) is 2.36. The molecular formula is C13H10BrNO. The fraction of sp³-hybridized carbons (Fsp3) is 0.0769. The van der Waals surface area contributed by atoms with E-state index in [1.165, 1.54) is 0 Å². The highest BCUT2D eigenvalue weighted by molar-refractivity contribution is 9.10. The van der Waals surface area contributed by atoms with Gasteiger partial charge in [-0.25, -0.2) is 4.98 Å². The molecule has 0 saturated carbocycles. The number of pyridine rings is 1. The van der Waals surface area contributed by atoms with Gasteiger partial charge in [-0.2, -0.15) is 0 Å². The third-order valence-electron chi connectivity index (χ3n) is 2.30. The van der Waals surface area contributed by atoms with E-state index in [2.05, 4.69) is 20.9 Å². The van der Waals surface area contributed by atoms with Crippen LogP contribution in [0.15, 0.2) is 47.2 Å². The summed E-state index contributed by atoms with van der Waals surface area (Å²) < 4.78 is 0.730. The number of nitrogens with zero attached hydrogens (tertiary/aromatic N) is 1. The molecule has 0 saturated heterocycles. The van der Waals surface area contributed by atoms with Gasteiger partial charge in [-0.15, -0.1) is 0 Å². The van der Waals surface area contributed by atoms with Crippen molar-refractivity contribution in [3.05, 3.63) is 63.9 Å². The lowest BCUT2D eigenvalue weighted by Crippen LogP contribution is -2.01. The smallest absolute Gasteiger partial charge is 0.194 e. The number of hydrogen-bond acceptors (Lipinski definition) is 2. The summed E-state index contributed by atoms with van der Waals surface area (Å²) in [5.41, 5.74) is 2.44. The minimum absolute atomic E-state index is 0.000000000000000666. The second-order valence-electron chi connectivity index (χ2n) is 3.56. The van der Waals surface area contributed by atoms with Gasteiger partial charge in [0.1, 0.15) is 4.60 Å². The molecule has 0 spiro atoms. The van der Waals surface area contributed by atoms with E-state index in [0.717, 1.165) is 10.2 Å². The van der Waals surface area contributed by atoms with Crippen molar-refractivity contribution in [1.82, 2.24) is 4.98 Å². The fourth-order valence-corrected chi connectivity index (χ4v) is 1.62. The maximum Gasteiger partial charge on any atom is 0.194 e. The number of carbonyl (C=O) groups is 1. The highest BCUT2D eigenvalue weighted by Gasteiger charge is 2.08. The van der Waals surface area contributed by atoms with Crippen molar-refractivity contribution in [2.24, 2.45) is 0 Å². The van der Waals surface area contributed by atoms with Gasteiger partial charge >= 0.3 is 0 Å². The first-order chi connectivity index (χ1) is 7.66. The van der Waals surface area contributed by atoms with Crippen LogP contribution in [-0.2, 0) is 0 Å². The fourth-order valence-electron chi connectivity index (χ4n) is 1.38. The molecule has 16 heavy (non-hydrogen) atoms. The molecule has 0 radical (unpaired) electrons. The van der Waals surface area contributed by atoms with Crippen LogP contribution in [0.25, 0.3) is 0 Å². The van der Waals surface area contributed by atoms with Gasteiger partial charge in [0.2, 0.25) is 0 Å². The van der Waals surface area contributed by atoms with E-state index < -0.39 is 0 Å².